The maximum atomic E-state index is 11.3. The van der Waals surface area contributed by atoms with E-state index in [2.05, 4.69) is 9.97 Å². The predicted octanol–water partition coefficient (Wildman–Crippen LogP) is 0.364. The first-order valence-corrected chi connectivity index (χ1v) is 5.35. The van der Waals surface area contributed by atoms with Crippen molar-refractivity contribution in [1.82, 2.24) is 9.97 Å². The topological polar surface area (TPSA) is 72.0 Å². The van der Waals surface area contributed by atoms with Gasteiger partial charge in [-0.1, -0.05) is 0 Å². The summed E-state index contributed by atoms with van der Waals surface area (Å²) in [6.07, 6.45) is 1.65. The molecule has 0 amide bonds. The van der Waals surface area contributed by atoms with Gasteiger partial charge in [0.2, 0.25) is 0 Å². The van der Waals surface area contributed by atoms with Crippen molar-refractivity contribution in [1.29, 1.82) is 0 Å². The summed E-state index contributed by atoms with van der Waals surface area (Å²) >= 11 is 0. The highest BCUT2D eigenvalue weighted by Crippen LogP contribution is 2.17. The highest BCUT2D eigenvalue weighted by Gasteiger charge is 2.16. The normalized spacial score (nSPS) is 14.6. The number of carbonyl (C=O) groups is 1. The fourth-order valence-corrected chi connectivity index (χ4v) is 1.83. The van der Waals surface area contributed by atoms with Gasteiger partial charge in [-0.15, -0.1) is 0 Å². The van der Waals surface area contributed by atoms with Crippen molar-refractivity contribution in [3.05, 3.63) is 27.4 Å². The summed E-state index contributed by atoms with van der Waals surface area (Å²) in [7, 11) is 0. The number of nitrogens with zero attached hydrogens (tertiary/aromatic N) is 1. The van der Waals surface area contributed by atoms with Crippen LogP contribution in [0.3, 0.4) is 0 Å². The second-order valence-electron chi connectivity index (χ2n) is 3.95. The average Bonchev–Trinajstić information content (AvgIpc) is 2.25. The summed E-state index contributed by atoms with van der Waals surface area (Å²) in [5, 5.41) is 0. The zero-order valence-electron chi connectivity index (χ0n) is 9.21. The van der Waals surface area contributed by atoms with Crippen LogP contribution in [0.25, 0.3) is 0 Å². The molecular formula is C11H14N2O3. The van der Waals surface area contributed by atoms with E-state index in [0.29, 0.717) is 38.2 Å². The Balaban J connectivity index is 2.32. The monoisotopic (exact) mass is 222 g/mol. The zero-order valence-corrected chi connectivity index (χ0v) is 9.21. The summed E-state index contributed by atoms with van der Waals surface area (Å²) < 4.78 is 5.34. The van der Waals surface area contributed by atoms with Gasteiger partial charge in [0.15, 0.2) is 0 Å². The summed E-state index contributed by atoms with van der Waals surface area (Å²) in [5.74, 6) is 0.104. The number of hydrogen-bond donors (Lipinski definition) is 1. The molecule has 0 aliphatic carbocycles. The van der Waals surface area contributed by atoms with Crippen molar-refractivity contribution < 1.29 is 9.53 Å². The Morgan fingerprint density at radius 1 is 1.56 bits per heavy atom. The van der Waals surface area contributed by atoms with Crippen LogP contribution in [0.5, 0.6) is 0 Å². The highest BCUT2D eigenvalue weighted by molar-refractivity contribution is 5.75. The Kier molecular flexibility index (Phi) is 3.14. The minimum absolute atomic E-state index is 0.104. The molecule has 0 unspecified atom stereocenters. The zero-order chi connectivity index (χ0) is 11.5. The molecule has 0 bridgehead atoms. The Bertz CT molecular complexity index is 465. The molecule has 0 spiro atoms. The fraction of sp³-hybridized carbons (Fsp3) is 0.545. The van der Waals surface area contributed by atoms with E-state index >= 15 is 0 Å². The molecule has 1 N–H and O–H groups in total. The maximum absolute atomic E-state index is 11.3. The molecule has 16 heavy (non-hydrogen) atoms. The van der Waals surface area contributed by atoms with E-state index in [1.807, 2.05) is 0 Å². The molecule has 5 heteroatoms. The molecule has 0 aromatic carbocycles. The molecule has 0 radical (unpaired) electrons. The minimum atomic E-state index is -0.334. The van der Waals surface area contributed by atoms with Crippen molar-refractivity contribution in [2.45, 2.75) is 32.8 Å². The lowest BCUT2D eigenvalue weighted by molar-refractivity contribution is -0.117. The molecule has 0 fully saturated rings. The van der Waals surface area contributed by atoms with E-state index in [0.717, 1.165) is 11.3 Å². The van der Waals surface area contributed by atoms with Crippen molar-refractivity contribution in [2.75, 3.05) is 6.61 Å². The molecule has 1 aliphatic heterocycles. The van der Waals surface area contributed by atoms with Gasteiger partial charge in [0.1, 0.15) is 5.78 Å². The number of ketones is 1. The van der Waals surface area contributed by atoms with Crippen molar-refractivity contribution in [2.24, 2.45) is 0 Å². The van der Waals surface area contributed by atoms with Crippen molar-refractivity contribution >= 4 is 5.78 Å². The summed E-state index contributed by atoms with van der Waals surface area (Å²) in [4.78, 5) is 28.9. The number of aromatic nitrogens is 2. The number of ether oxygens (including phenoxy) is 1. The number of carbonyl (C=O) groups excluding carboxylic acids is 1. The van der Waals surface area contributed by atoms with Gasteiger partial charge >= 0.3 is 5.69 Å². The van der Waals surface area contributed by atoms with Gasteiger partial charge < -0.3 is 14.5 Å². The van der Waals surface area contributed by atoms with Gasteiger partial charge in [-0.05, 0) is 13.3 Å². The number of aromatic amines is 1. The van der Waals surface area contributed by atoms with Gasteiger partial charge in [-0.3, -0.25) is 0 Å². The number of rotatable bonds is 3. The van der Waals surface area contributed by atoms with Gasteiger partial charge in [-0.2, -0.15) is 4.98 Å². The molecule has 2 rings (SSSR count). The van der Waals surface area contributed by atoms with Crippen LogP contribution in [-0.4, -0.2) is 22.4 Å². The third-order valence-electron chi connectivity index (χ3n) is 2.66. The second kappa shape index (κ2) is 4.57. The molecule has 1 aromatic heterocycles. The van der Waals surface area contributed by atoms with Crippen molar-refractivity contribution in [3.8, 4) is 0 Å². The minimum Gasteiger partial charge on any atom is -0.376 e. The Morgan fingerprint density at radius 3 is 3.12 bits per heavy atom. The van der Waals surface area contributed by atoms with Crippen LogP contribution in [0.4, 0.5) is 0 Å². The van der Waals surface area contributed by atoms with Crippen LogP contribution < -0.4 is 5.69 Å². The standard InChI is InChI=1S/C11H14N2O3/c1-7(14)2-3-9-8-6-16-5-4-10(8)13-11(15)12-9/h2-6H2,1H3,(H,12,13,15). The molecular weight excluding hydrogens is 208 g/mol. The predicted molar refractivity (Wildman–Crippen MR) is 57.2 cm³/mol. The van der Waals surface area contributed by atoms with Gasteiger partial charge in [0.05, 0.1) is 18.9 Å². The first kappa shape index (κ1) is 11.0. The largest absolute Gasteiger partial charge is 0.376 e. The van der Waals surface area contributed by atoms with Crippen molar-refractivity contribution in [3.63, 3.8) is 0 Å². The second-order valence-corrected chi connectivity index (χ2v) is 3.95. The Morgan fingerprint density at radius 2 is 2.38 bits per heavy atom. The highest BCUT2D eigenvalue weighted by atomic mass is 16.5. The van der Waals surface area contributed by atoms with E-state index < -0.39 is 0 Å². The molecule has 0 saturated carbocycles. The smallest absolute Gasteiger partial charge is 0.345 e. The Hall–Kier alpha value is -1.49. The van der Waals surface area contributed by atoms with E-state index in [1.165, 1.54) is 6.92 Å². The van der Waals surface area contributed by atoms with Gasteiger partial charge in [-0.25, -0.2) is 4.79 Å². The lowest BCUT2D eigenvalue weighted by atomic mass is 10.0. The fourth-order valence-electron chi connectivity index (χ4n) is 1.83. The van der Waals surface area contributed by atoms with Gasteiger partial charge in [0.25, 0.3) is 0 Å². The van der Waals surface area contributed by atoms with Crippen LogP contribution in [0.1, 0.15) is 30.3 Å². The molecule has 0 atom stereocenters. The number of H-pyrrole nitrogens is 1. The molecule has 1 aromatic rings. The van der Waals surface area contributed by atoms with E-state index in [-0.39, 0.29) is 11.5 Å². The Labute approximate surface area is 92.9 Å². The number of hydrogen-bond acceptors (Lipinski definition) is 4. The number of Topliss-reactive ketones (excluding diaryl/α,β-unsaturated/α-hetero) is 1. The maximum Gasteiger partial charge on any atom is 0.345 e. The van der Waals surface area contributed by atoms with Crippen LogP contribution in [-0.2, 0) is 29.0 Å². The molecule has 5 nitrogen and oxygen atoms in total. The SMILES string of the molecule is CC(=O)CCc1nc(=O)[nH]c2c1COCC2. The molecule has 0 saturated heterocycles. The first-order valence-electron chi connectivity index (χ1n) is 5.35. The van der Waals surface area contributed by atoms with Crippen LogP contribution >= 0.6 is 0 Å². The third-order valence-corrected chi connectivity index (χ3v) is 2.66. The summed E-state index contributed by atoms with van der Waals surface area (Å²) in [5.41, 5.74) is 2.23. The van der Waals surface area contributed by atoms with E-state index in [1.54, 1.807) is 0 Å². The van der Waals surface area contributed by atoms with E-state index in [9.17, 15) is 9.59 Å². The molecule has 86 valence electrons. The van der Waals surface area contributed by atoms with E-state index in [4.69, 9.17) is 4.74 Å². The molecule has 1 aliphatic rings. The average molecular weight is 222 g/mol. The van der Waals surface area contributed by atoms with Crippen LogP contribution in [0.15, 0.2) is 4.79 Å². The lowest BCUT2D eigenvalue weighted by Gasteiger charge is -2.18. The molecule has 2 heterocycles. The number of aryl methyl sites for hydroxylation is 1. The summed E-state index contributed by atoms with van der Waals surface area (Å²) in [6, 6.07) is 0. The first-order chi connectivity index (χ1) is 7.66. The quantitative estimate of drug-likeness (QED) is 0.801. The number of fused-ring (bicyclic) bond motifs is 1. The van der Waals surface area contributed by atoms with Gasteiger partial charge in [0, 0.05) is 24.1 Å². The number of nitrogens with one attached hydrogen (secondary N) is 1. The third kappa shape index (κ3) is 2.36. The van der Waals surface area contributed by atoms with Crippen LogP contribution in [0.2, 0.25) is 0 Å². The lowest BCUT2D eigenvalue weighted by Crippen LogP contribution is -2.24. The van der Waals surface area contributed by atoms with Crippen LogP contribution in [0, 0.1) is 0 Å². The summed E-state index contributed by atoms with van der Waals surface area (Å²) in [6.45, 7) is 2.64.